The summed E-state index contributed by atoms with van der Waals surface area (Å²) in [7, 11) is 0. The standard InChI is InChI=1S/C24H26N4O2/c1-17-9-10-19(28-23(29)14-18-6-3-2-4-7-18)15-22(17)30-24-20(8-5-12-26-24)21-11-13-25-16-27-21/h5,8-13,15-16,18H,2-4,6-7,14H2,1H3,(H,28,29). The molecular formula is C24H26N4O2. The molecule has 1 aliphatic rings. The molecule has 3 aromatic rings. The molecule has 30 heavy (non-hydrogen) atoms. The molecule has 0 spiro atoms. The topological polar surface area (TPSA) is 77.0 Å². The number of rotatable bonds is 6. The summed E-state index contributed by atoms with van der Waals surface area (Å²) in [5.74, 6) is 1.68. The van der Waals surface area contributed by atoms with E-state index < -0.39 is 0 Å². The van der Waals surface area contributed by atoms with Gasteiger partial charge in [0.05, 0.1) is 11.3 Å². The number of hydrogen-bond acceptors (Lipinski definition) is 5. The fourth-order valence-electron chi connectivity index (χ4n) is 3.87. The largest absolute Gasteiger partial charge is 0.438 e. The van der Waals surface area contributed by atoms with Gasteiger partial charge >= 0.3 is 0 Å². The summed E-state index contributed by atoms with van der Waals surface area (Å²) in [5, 5.41) is 3.03. The van der Waals surface area contributed by atoms with Gasteiger partial charge in [-0.1, -0.05) is 25.3 Å². The molecule has 2 aromatic heterocycles. The molecule has 6 heteroatoms. The molecule has 1 amide bonds. The Morgan fingerprint density at radius 1 is 1.10 bits per heavy atom. The monoisotopic (exact) mass is 402 g/mol. The summed E-state index contributed by atoms with van der Waals surface area (Å²) >= 11 is 0. The van der Waals surface area contributed by atoms with Gasteiger partial charge in [0.25, 0.3) is 0 Å². The van der Waals surface area contributed by atoms with Crippen molar-refractivity contribution in [2.45, 2.75) is 45.4 Å². The van der Waals surface area contributed by atoms with Gasteiger partial charge in [-0.15, -0.1) is 0 Å². The Kier molecular flexibility index (Phi) is 6.32. The van der Waals surface area contributed by atoms with E-state index in [0.717, 1.165) is 35.3 Å². The van der Waals surface area contributed by atoms with Gasteiger partial charge in [-0.25, -0.2) is 15.0 Å². The summed E-state index contributed by atoms with van der Waals surface area (Å²) < 4.78 is 6.14. The third-order valence-corrected chi connectivity index (χ3v) is 5.51. The zero-order valence-electron chi connectivity index (χ0n) is 17.2. The van der Waals surface area contributed by atoms with Crippen molar-refractivity contribution in [3.63, 3.8) is 0 Å². The number of anilines is 1. The summed E-state index contributed by atoms with van der Waals surface area (Å²) in [6.45, 7) is 1.97. The maximum Gasteiger partial charge on any atom is 0.228 e. The lowest BCUT2D eigenvalue weighted by atomic mass is 9.87. The predicted molar refractivity (Wildman–Crippen MR) is 116 cm³/mol. The van der Waals surface area contributed by atoms with E-state index in [9.17, 15) is 4.79 Å². The molecular weight excluding hydrogens is 376 g/mol. The van der Waals surface area contributed by atoms with Crippen molar-refractivity contribution in [1.82, 2.24) is 15.0 Å². The Hall–Kier alpha value is -3.28. The van der Waals surface area contributed by atoms with Crippen LogP contribution in [0.2, 0.25) is 0 Å². The van der Waals surface area contributed by atoms with E-state index >= 15 is 0 Å². The molecule has 0 radical (unpaired) electrons. The average molecular weight is 402 g/mol. The predicted octanol–water partition coefficient (Wildman–Crippen LogP) is 5.55. The number of amides is 1. The molecule has 0 bridgehead atoms. The lowest BCUT2D eigenvalue weighted by molar-refractivity contribution is -0.117. The van der Waals surface area contributed by atoms with Gasteiger partial charge in [-0.2, -0.15) is 0 Å². The van der Waals surface area contributed by atoms with Crippen molar-refractivity contribution in [3.05, 3.63) is 60.7 Å². The molecule has 4 rings (SSSR count). The summed E-state index contributed by atoms with van der Waals surface area (Å²) in [6, 6.07) is 11.3. The van der Waals surface area contributed by atoms with Gasteiger partial charge in [0.1, 0.15) is 12.1 Å². The van der Waals surface area contributed by atoms with Crippen molar-refractivity contribution < 1.29 is 9.53 Å². The lowest BCUT2D eigenvalue weighted by Gasteiger charge is -2.21. The number of aryl methyl sites for hydroxylation is 1. The Morgan fingerprint density at radius 3 is 2.77 bits per heavy atom. The highest BCUT2D eigenvalue weighted by Gasteiger charge is 2.17. The van der Waals surface area contributed by atoms with E-state index in [1.54, 1.807) is 12.4 Å². The first-order chi connectivity index (χ1) is 14.7. The van der Waals surface area contributed by atoms with E-state index in [-0.39, 0.29) is 5.91 Å². The molecule has 0 atom stereocenters. The molecule has 1 aromatic carbocycles. The fraction of sp³-hybridized carbons (Fsp3) is 0.333. The van der Waals surface area contributed by atoms with Gasteiger partial charge in [0.15, 0.2) is 0 Å². The van der Waals surface area contributed by atoms with E-state index in [0.29, 0.717) is 24.0 Å². The average Bonchev–Trinajstić information content (AvgIpc) is 2.78. The summed E-state index contributed by atoms with van der Waals surface area (Å²) in [6.07, 6.45) is 11.5. The minimum Gasteiger partial charge on any atom is -0.438 e. The van der Waals surface area contributed by atoms with Gasteiger partial charge in [0, 0.05) is 30.6 Å². The van der Waals surface area contributed by atoms with Crippen LogP contribution in [0.4, 0.5) is 5.69 Å². The van der Waals surface area contributed by atoms with Crippen LogP contribution in [0.1, 0.15) is 44.1 Å². The maximum absolute atomic E-state index is 12.5. The van der Waals surface area contributed by atoms with Crippen LogP contribution in [0.5, 0.6) is 11.6 Å². The Labute approximate surface area is 176 Å². The third kappa shape index (κ3) is 5.00. The zero-order valence-corrected chi connectivity index (χ0v) is 17.2. The first-order valence-electron chi connectivity index (χ1n) is 10.5. The van der Waals surface area contributed by atoms with Gasteiger partial charge < -0.3 is 10.1 Å². The number of pyridine rings is 1. The van der Waals surface area contributed by atoms with Gasteiger partial charge in [0.2, 0.25) is 11.8 Å². The quantitative estimate of drug-likeness (QED) is 0.585. The Balaban J connectivity index is 1.50. The second-order valence-electron chi connectivity index (χ2n) is 7.79. The van der Waals surface area contributed by atoms with Crippen LogP contribution in [0.3, 0.4) is 0 Å². The number of nitrogens with zero attached hydrogens (tertiary/aromatic N) is 3. The minimum absolute atomic E-state index is 0.0659. The van der Waals surface area contributed by atoms with E-state index in [1.807, 2.05) is 43.3 Å². The number of nitrogens with one attached hydrogen (secondary N) is 1. The van der Waals surface area contributed by atoms with Crippen molar-refractivity contribution in [2.75, 3.05) is 5.32 Å². The van der Waals surface area contributed by atoms with Gasteiger partial charge in [-0.05, 0) is 55.5 Å². The molecule has 1 aliphatic carbocycles. The molecule has 1 fully saturated rings. The number of ether oxygens (including phenoxy) is 1. The zero-order chi connectivity index (χ0) is 20.8. The van der Waals surface area contributed by atoms with E-state index in [2.05, 4.69) is 20.3 Å². The second kappa shape index (κ2) is 9.48. The van der Waals surface area contributed by atoms with Crippen molar-refractivity contribution in [2.24, 2.45) is 5.92 Å². The molecule has 154 valence electrons. The Bertz CT molecular complexity index is 1000. The fourth-order valence-corrected chi connectivity index (χ4v) is 3.87. The lowest BCUT2D eigenvalue weighted by Crippen LogP contribution is -2.18. The molecule has 2 heterocycles. The molecule has 0 unspecified atom stereocenters. The highest BCUT2D eigenvalue weighted by atomic mass is 16.5. The van der Waals surface area contributed by atoms with Gasteiger partial charge in [-0.3, -0.25) is 4.79 Å². The highest BCUT2D eigenvalue weighted by molar-refractivity contribution is 5.91. The van der Waals surface area contributed by atoms with Crippen molar-refractivity contribution >= 4 is 11.6 Å². The molecule has 6 nitrogen and oxygen atoms in total. The van der Waals surface area contributed by atoms with Crippen LogP contribution in [0.25, 0.3) is 11.3 Å². The summed E-state index contributed by atoms with van der Waals surface area (Å²) in [5.41, 5.74) is 3.21. The van der Waals surface area contributed by atoms with E-state index in [1.165, 1.54) is 25.6 Å². The SMILES string of the molecule is Cc1ccc(NC(=O)CC2CCCCC2)cc1Oc1ncccc1-c1ccncn1. The maximum atomic E-state index is 12.5. The first kappa shape index (κ1) is 20.0. The smallest absolute Gasteiger partial charge is 0.228 e. The van der Waals surface area contributed by atoms with Crippen LogP contribution in [-0.4, -0.2) is 20.9 Å². The molecule has 1 N–H and O–H groups in total. The van der Waals surface area contributed by atoms with Crippen LogP contribution >= 0.6 is 0 Å². The number of hydrogen-bond donors (Lipinski definition) is 1. The first-order valence-corrected chi connectivity index (χ1v) is 10.5. The Morgan fingerprint density at radius 2 is 1.97 bits per heavy atom. The van der Waals surface area contributed by atoms with Crippen LogP contribution in [0, 0.1) is 12.8 Å². The van der Waals surface area contributed by atoms with Crippen molar-refractivity contribution in [3.8, 4) is 22.9 Å². The van der Waals surface area contributed by atoms with Crippen LogP contribution in [-0.2, 0) is 4.79 Å². The molecule has 0 aliphatic heterocycles. The van der Waals surface area contributed by atoms with Crippen LogP contribution in [0.15, 0.2) is 55.1 Å². The normalized spacial score (nSPS) is 14.3. The highest BCUT2D eigenvalue weighted by Crippen LogP contribution is 2.33. The molecule has 1 saturated carbocycles. The van der Waals surface area contributed by atoms with Crippen LogP contribution < -0.4 is 10.1 Å². The number of aromatic nitrogens is 3. The minimum atomic E-state index is 0.0659. The summed E-state index contributed by atoms with van der Waals surface area (Å²) in [4.78, 5) is 25.2. The van der Waals surface area contributed by atoms with Crippen molar-refractivity contribution in [1.29, 1.82) is 0 Å². The number of benzene rings is 1. The third-order valence-electron chi connectivity index (χ3n) is 5.51. The number of carbonyl (C=O) groups excluding carboxylic acids is 1. The second-order valence-corrected chi connectivity index (χ2v) is 7.79. The number of carbonyl (C=O) groups is 1. The molecule has 0 saturated heterocycles. The van der Waals surface area contributed by atoms with E-state index in [4.69, 9.17) is 4.74 Å².